The van der Waals surface area contributed by atoms with Gasteiger partial charge in [-0.3, -0.25) is 18.9 Å². The largest absolute Gasteiger partial charge is 0.463 e. The van der Waals surface area contributed by atoms with Crippen molar-refractivity contribution in [3.8, 4) is 0 Å². The first-order chi connectivity index (χ1) is 12.9. The second-order valence-corrected chi connectivity index (χ2v) is 7.48. The zero-order valence-corrected chi connectivity index (χ0v) is 15.5. The Morgan fingerprint density at radius 1 is 1.30 bits per heavy atom. The maximum absolute atomic E-state index is 12.6. The van der Waals surface area contributed by atoms with Gasteiger partial charge >= 0.3 is 0 Å². The van der Waals surface area contributed by atoms with Crippen LogP contribution in [-0.2, 0) is 16.1 Å². The molecule has 4 heterocycles. The minimum atomic E-state index is -0.420. The first kappa shape index (κ1) is 17.7. The van der Waals surface area contributed by atoms with Gasteiger partial charge in [0.25, 0.3) is 5.56 Å². The lowest BCUT2D eigenvalue weighted by Gasteiger charge is -2.35. The number of rotatable bonds is 5. The standard InChI is InChI=1S/C18H23N5O4/c1-18(2,11-21-4-7-26-8-5-21)20-16(24)10-23-17(25)14-9-15-13(3-6-27-15)22(14)12-19-23/h3,6,9,12H,4-5,7-8,10-11H2,1-2H3,(H,20,24). The third kappa shape index (κ3) is 3.60. The van der Waals surface area contributed by atoms with E-state index < -0.39 is 5.54 Å². The third-order valence-corrected chi connectivity index (χ3v) is 4.71. The van der Waals surface area contributed by atoms with Crippen molar-refractivity contribution in [3.05, 3.63) is 35.1 Å². The first-order valence-electron chi connectivity index (χ1n) is 8.98. The lowest BCUT2D eigenvalue weighted by atomic mass is 10.0. The molecule has 1 aliphatic rings. The molecule has 1 saturated heterocycles. The van der Waals surface area contributed by atoms with Gasteiger partial charge in [0.2, 0.25) is 5.91 Å². The van der Waals surface area contributed by atoms with Crippen LogP contribution in [0.15, 0.2) is 33.9 Å². The van der Waals surface area contributed by atoms with Crippen molar-refractivity contribution in [1.29, 1.82) is 0 Å². The monoisotopic (exact) mass is 373 g/mol. The highest BCUT2D eigenvalue weighted by Gasteiger charge is 2.25. The molecule has 3 aromatic heterocycles. The van der Waals surface area contributed by atoms with Crippen LogP contribution in [-0.4, -0.2) is 63.4 Å². The fourth-order valence-electron chi connectivity index (χ4n) is 3.56. The van der Waals surface area contributed by atoms with Gasteiger partial charge in [0.15, 0.2) is 5.58 Å². The molecule has 0 aromatic carbocycles. The lowest BCUT2D eigenvalue weighted by Crippen LogP contribution is -2.54. The Morgan fingerprint density at radius 3 is 2.85 bits per heavy atom. The molecule has 3 aromatic rings. The fraction of sp³-hybridized carbons (Fsp3) is 0.500. The Labute approximate surface area is 155 Å². The molecule has 0 bridgehead atoms. The summed E-state index contributed by atoms with van der Waals surface area (Å²) in [5, 5.41) is 7.13. The molecular weight excluding hydrogens is 350 g/mol. The average Bonchev–Trinajstić information content (AvgIpc) is 3.19. The lowest BCUT2D eigenvalue weighted by molar-refractivity contribution is -0.123. The number of hydrogen-bond acceptors (Lipinski definition) is 6. The highest BCUT2D eigenvalue weighted by molar-refractivity contribution is 5.82. The van der Waals surface area contributed by atoms with Crippen LogP contribution in [0.25, 0.3) is 16.6 Å². The second-order valence-electron chi connectivity index (χ2n) is 7.48. The molecule has 144 valence electrons. The molecule has 0 spiro atoms. The summed E-state index contributed by atoms with van der Waals surface area (Å²) in [5.74, 6) is -0.248. The number of nitrogens with one attached hydrogen (secondary N) is 1. The van der Waals surface area contributed by atoms with Crippen molar-refractivity contribution in [2.45, 2.75) is 25.9 Å². The highest BCUT2D eigenvalue weighted by Crippen LogP contribution is 2.18. The van der Waals surface area contributed by atoms with Crippen LogP contribution in [0.2, 0.25) is 0 Å². The number of carbonyl (C=O) groups excluding carboxylic acids is 1. The van der Waals surface area contributed by atoms with E-state index in [-0.39, 0.29) is 18.0 Å². The van der Waals surface area contributed by atoms with E-state index in [1.165, 1.54) is 11.0 Å². The molecular formula is C18H23N5O4. The van der Waals surface area contributed by atoms with Crippen LogP contribution in [0.1, 0.15) is 13.8 Å². The van der Waals surface area contributed by atoms with E-state index in [1.807, 2.05) is 13.8 Å². The molecule has 9 heteroatoms. The number of carbonyl (C=O) groups is 1. The van der Waals surface area contributed by atoms with Gasteiger partial charge in [-0.1, -0.05) is 0 Å². The Kier molecular flexibility index (Phi) is 4.48. The summed E-state index contributed by atoms with van der Waals surface area (Å²) >= 11 is 0. The van der Waals surface area contributed by atoms with Crippen LogP contribution >= 0.6 is 0 Å². The van der Waals surface area contributed by atoms with E-state index in [0.717, 1.165) is 25.2 Å². The van der Waals surface area contributed by atoms with Gasteiger partial charge < -0.3 is 14.5 Å². The SMILES string of the molecule is CC(C)(CN1CCOCC1)NC(=O)Cn1ncn2c(cc3occc32)c1=O. The van der Waals surface area contributed by atoms with Gasteiger partial charge in [-0.2, -0.15) is 5.10 Å². The van der Waals surface area contributed by atoms with E-state index in [2.05, 4.69) is 15.3 Å². The van der Waals surface area contributed by atoms with Crippen LogP contribution < -0.4 is 10.9 Å². The molecule has 4 rings (SSSR count). The molecule has 0 radical (unpaired) electrons. The average molecular weight is 373 g/mol. The quantitative estimate of drug-likeness (QED) is 0.699. The summed E-state index contributed by atoms with van der Waals surface area (Å²) < 4.78 is 13.5. The molecule has 0 saturated carbocycles. The summed E-state index contributed by atoms with van der Waals surface area (Å²) in [4.78, 5) is 27.4. The fourth-order valence-corrected chi connectivity index (χ4v) is 3.56. The van der Waals surface area contributed by atoms with Crippen LogP contribution in [0, 0.1) is 0 Å². The van der Waals surface area contributed by atoms with Crippen LogP contribution in [0.5, 0.6) is 0 Å². The van der Waals surface area contributed by atoms with Crippen molar-refractivity contribution in [1.82, 2.24) is 24.4 Å². The van der Waals surface area contributed by atoms with E-state index in [1.54, 1.807) is 22.8 Å². The normalized spacial score (nSPS) is 16.2. The maximum atomic E-state index is 12.6. The van der Waals surface area contributed by atoms with E-state index in [4.69, 9.17) is 9.15 Å². The van der Waals surface area contributed by atoms with Crippen LogP contribution in [0.4, 0.5) is 0 Å². The minimum absolute atomic E-state index is 0.131. The Morgan fingerprint density at radius 2 is 2.07 bits per heavy atom. The van der Waals surface area contributed by atoms with Gasteiger partial charge in [-0.05, 0) is 13.8 Å². The molecule has 0 atom stereocenters. The number of hydrogen-bond donors (Lipinski definition) is 1. The number of aromatic nitrogens is 3. The summed E-state index contributed by atoms with van der Waals surface area (Å²) in [7, 11) is 0. The molecule has 0 unspecified atom stereocenters. The van der Waals surface area contributed by atoms with Crippen molar-refractivity contribution in [2.75, 3.05) is 32.8 Å². The Hall–Kier alpha value is -2.65. The van der Waals surface area contributed by atoms with E-state index in [9.17, 15) is 9.59 Å². The van der Waals surface area contributed by atoms with Crippen LogP contribution in [0.3, 0.4) is 0 Å². The highest BCUT2D eigenvalue weighted by atomic mass is 16.5. The zero-order valence-electron chi connectivity index (χ0n) is 15.5. The Bertz CT molecular complexity index is 1030. The topological polar surface area (TPSA) is 94.0 Å². The first-order valence-corrected chi connectivity index (χ1v) is 8.98. The second kappa shape index (κ2) is 6.82. The number of nitrogens with zero attached hydrogens (tertiary/aromatic N) is 4. The summed E-state index contributed by atoms with van der Waals surface area (Å²) in [6, 6.07) is 3.44. The minimum Gasteiger partial charge on any atom is -0.463 e. The number of ether oxygens (including phenoxy) is 1. The zero-order chi connectivity index (χ0) is 19.0. The van der Waals surface area contributed by atoms with Gasteiger partial charge in [-0.25, -0.2) is 4.68 Å². The van der Waals surface area contributed by atoms with E-state index >= 15 is 0 Å². The smallest absolute Gasteiger partial charge is 0.291 e. The van der Waals surface area contributed by atoms with Crippen molar-refractivity contribution in [2.24, 2.45) is 0 Å². The predicted octanol–water partition coefficient (Wildman–Crippen LogP) is 0.469. The van der Waals surface area contributed by atoms with E-state index in [0.29, 0.717) is 24.3 Å². The molecule has 0 aliphatic carbocycles. The van der Waals surface area contributed by atoms with Gasteiger partial charge in [-0.15, -0.1) is 0 Å². The molecule has 1 fully saturated rings. The third-order valence-electron chi connectivity index (χ3n) is 4.71. The summed E-state index contributed by atoms with van der Waals surface area (Å²) in [6.45, 7) is 7.67. The number of amides is 1. The summed E-state index contributed by atoms with van der Waals surface area (Å²) in [5.41, 5.74) is 1.07. The number of morpholine rings is 1. The molecule has 9 nitrogen and oxygen atoms in total. The number of fused-ring (bicyclic) bond motifs is 3. The molecule has 1 N–H and O–H groups in total. The molecule has 1 amide bonds. The van der Waals surface area contributed by atoms with Gasteiger partial charge in [0.1, 0.15) is 18.4 Å². The number of furan rings is 1. The van der Waals surface area contributed by atoms with Crippen molar-refractivity contribution in [3.63, 3.8) is 0 Å². The van der Waals surface area contributed by atoms with Crippen molar-refractivity contribution < 1.29 is 13.9 Å². The van der Waals surface area contributed by atoms with Crippen molar-refractivity contribution >= 4 is 22.5 Å². The Balaban J connectivity index is 1.47. The predicted molar refractivity (Wildman–Crippen MR) is 98.7 cm³/mol. The molecule has 27 heavy (non-hydrogen) atoms. The summed E-state index contributed by atoms with van der Waals surface area (Å²) in [6.07, 6.45) is 3.09. The molecule has 1 aliphatic heterocycles. The van der Waals surface area contributed by atoms with Gasteiger partial charge in [0.05, 0.1) is 25.0 Å². The van der Waals surface area contributed by atoms with Gasteiger partial charge in [0, 0.05) is 37.3 Å². The maximum Gasteiger partial charge on any atom is 0.291 e.